The van der Waals surface area contributed by atoms with Crippen LogP contribution in [0.5, 0.6) is 0 Å². The largest absolute Gasteiger partial charge is 0.391 e. The predicted molar refractivity (Wildman–Crippen MR) is 39.5 cm³/mol. The van der Waals surface area contributed by atoms with Crippen molar-refractivity contribution in [3.05, 3.63) is 0 Å². The lowest BCUT2D eigenvalue weighted by atomic mass is 10.4. The highest BCUT2D eigenvalue weighted by molar-refractivity contribution is 7.89. The lowest BCUT2D eigenvalue weighted by Gasteiger charge is -2.06. The lowest BCUT2D eigenvalue weighted by molar-refractivity contribution is -0.144. The molecule has 0 aliphatic heterocycles. The Balaban J connectivity index is 3.39. The Morgan fingerprint density at radius 2 is 1.77 bits per heavy atom. The van der Waals surface area contributed by atoms with Crippen molar-refractivity contribution < 1.29 is 26.3 Å². The summed E-state index contributed by atoms with van der Waals surface area (Å²) in [5, 5.41) is 4.57. The summed E-state index contributed by atoms with van der Waals surface area (Å²) >= 11 is 0. The van der Waals surface area contributed by atoms with E-state index in [4.69, 9.17) is 0 Å². The minimum absolute atomic E-state index is 0.311. The third kappa shape index (κ3) is 11.7. The molecule has 2 N–H and O–H groups in total. The van der Waals surface area contributed by atoms with E-state index in [0.717, 1.165) is 0 Å². The molecule has 0 aromatic heterocycles. The first kappa shape index (κ1) is 12.7. The SMILES string of the molecule is NS(=O)(=O)CCOCCC(F)(F)F. The zero-order valence-corrected chi connectivity index (χ0v) is 7.49. The normalized spacial score (nSPS) is 13.2. The molecule has 13 heavy (non-hydrogen) atoms. The minimum Gasteiger partial charge on any atom is -0.380 e. The van der Waals surface area contributed by atoms with Crippen molar-refractivity contribution in [1.29, 1.82) is 0 Å². The molecule has 0 fully saturated rings. The maximum absolute atomic E-state index is 11.5. The molecule has 4 nitrogen and oxygen atoms in total. The van der Waals surface area contributed by atoms with Gasteiger partial charge in [0.05, 0.1) is 25.4 Å². The first-order valence-electron chi connectivity index (χ1n) is 3.36. The van der Waals surface area contributed by atoms with Crippen molar-refractivity contribution in [3.63, 3.8) is 0 Å². The van der Waals surface area contributed by atoms with E-state index in [1.165, 1.54) is 0 Å². The quantitative estimate of drug-likeness (QED) is 0.676. The van der Waals surface area contributed by atoms with Crippen LogP contribution in [0.25, 0.3) is 0 Å². The molecule has 0 aromatic carbocycles. The average Bonchev–Trinajstić information content (AvgIpc) is 1.81. The highest BCUT2D eigenvalue weighted by Gasteiger charge is 2.26. The second-order valence-electron chi connectivity index (χ2n) is 2.34. The zero-order chi connectivity index (χ0) is 10.5. The van der Waals surface area contributed by atoms with Gasteiger partial charge in [0.1, 0.15) is 0 Å². The smallest absolute Gasteiger partial charge is 0.380 e. The molecule has 0 saturated carbocycles. The zero-order valence-electron chi connectivity index (χ0n) is 6.67. The first-order valence-corrected chi connectivity index (χ1v) is 5.07. The molecular formula is C5H10F3NO3S. The van der Waals surface area contributed by atoms with Gasteiger partial charge in [-0.3, -0.25) is 0 Å². The van der Waals surface area contributed by atoms with Gasteiger partial charge in [0.25, 0.3) is 0 Å². The number of sulfonamides is 1. The van der Waals surface area contributed by atoms with Gasteiger partial charge in [-0.25, -0.2) is 13.6 Å². The van der Waals surface area contributed by atoms with E-state index in [2.05, 4.69) is 9.88 Å². The molecule has 0 amide bonds. The summed E-state index contributed by atoms with van der Waals surface area (Å²) in [5.41, 5.74) is 0. The molecule has 0 aliphatic carbocycles. The van der Waals surface area contributed by atoms with Gasteiger partial charge in [0, 0.05) is 0 Å². The van der Waals surface area contributed by atoms with Crippen LogP contribution in [-0.4, -0.2) is 33.6 Å². The van der Waals surface area contributed by atoms with Crippen LogP contribution >= 0.6 is 0 Å². The topological polar surface area (TPSA) is 69.4 Å². The third-order valence-corrected chi connectivity index (χ3v) is 1.78. The Morgan fingerprint density at radius 3 is 2.15 bits per heavy atom. The molecule has 0 spiro atoms. The maximum Gasteiger partial charge on any atom is 0.391 e. The Morgan fingerprint density at radius 1 is 1.23 bits per heavy atom. The van der Waals surface area contributed by atoms with Crippen LogP contribution in [0.3, 0.4) is 0 Å². The molecule has 0 radical (unpaired) electrons. The van der Waals surface area contributed by atoms with Crippen LogP contribution in [0.4, 0.5) is 13.2 Å². The summed E-state index contributed by atoms with van der Waals surface area (Å²) in [7, 11) is -3.65. The molecule has 0 atom stereocenters. The van der Waals surface area contributed by atoms with Gasteiger partial charge >= 0.3 is 6.18 Å². The number of primary sulfonamides is 1. The summed E-state index contributed by atoms with van der Waals surface area (Å²) in [6.07, 6.45) is -5.36. The summed E-state index contributed by atoms with van der Waals surface area (Å²) in [6, 6.07) is 0. The average molecular weight is 221 g/mol. The van der Waals surface area contributed by atoms with Crippen molar-refractivity contribution >= 4 is 10.0 Å². The van der Waals surface area contributed by atoms with E-state index >= 15 is 0 Å². The fourth-order valence-electron chi connectivity index (χ4n) is 0.465. The van der Waals surface area contributed by atoms with E-state index in [1.807, 2.05) is 0 Å². The van der Waals surface area contributed by atoms with Crippen LogP contribution in [0, 0.1) is 0 Å². The maximum atomic E-state index is 11.5. The number of hydrogen-bond donors (Lipinski definition) is 1. The highest BCUT2D eigenvalue weighted by atomic mass is 32.2. The van der Waals surface area contributed by atoms with Crippen LogP contribution in [0.1, 0.15) is 6.42 Å². The van der Waals surface area contributed by atoms with Crippen LogP contribution < -0.4 is 5.14 Å². The van der Waals surface area contributed by atoms with Crippen molar-refractivity contribution in [2.45, 2.75) is 12.6 Å². The van der Waals surface area contributed by atoms with Gasteiger partial charge in [0.15, 0.2) is 0 Å². The summed E-state index contributed by atoms with van der Waals surface area (Å²) in [5.74, 6) is -0.467. The lowest BCUT2D eigenvalue weighted by Crippen LogP contribution is -2.21. The van der Waals surface area contributed by atoms with Crippen molar-refractivity contribution in [3.8, 4) is 0 Å². The predicted octanol–water partition coefficient (Wildman–Crippen LogP) is 0.244. The van der Waals surface area contributed by atoms with Crippen molar-refractivity contribution in [2.24, 2.45) is 5.14 Å². The number of rotatable bonds is 5. The van der Waals surface area contributed by atoms with Gasteiger partial charge in [-0.1, -0.05) is 0 Å². The minimum atomic E-state index is -4.28. The van der Waals surface area contributed by atoms with Gasteiger partial charge in [-0.2, -0.15) is 13.2 Å². The van der Waals surface area contributed by atoms with Crippen molar-refractivity contribution in [2.75, 3.05) is 19.0 Å². The summed E-state index contributed by atoms with van der Waals surface area (Å²) < 4.78 is 59.4. The molecule has 0 aromatic rings. The van der Waals surface area contributed by atoms with Crippen LogP contribution in [0.2, 0.25) is 0 Å². The number of ether oxygens (including phenoxy) is 1. The number of halogens is 3. The molecular weight excluding hydrogens is 211 g/mol. The molecule has 0 rings (SSSR count). The van der Waals surface area contributed by atoms with E-state index in [1.54, 1.807) is 0 Å². The van der Waals surface area contributed by atoms with Gasteiger partial charge in [-0.05, 0) is 0 Å². The van der Waals surface area contributed by atoms with Gasteiger partial charge in [0.2, 0.25) is 10.0 Å². The molecule has 0 heterocycles. The van der Waals surface area contributed by atoms with E-state index in [9.17, 15) is 21.6 Å². The standard InChI is InChI=1S/C5H10F3NO3S/c6-5(7,8)1-2-12-3-4-13(9,10)11/h1-4H2,(H2,9,10,11). The van der Waals surface area contributed by atoms with Gasteiger partial charge < -0.3 is 4.74 Å². The molecule has 0 unspecified atom stereocenters. The Labute approximate surface area is 73.9 Å². The van der Waals surface area contributed by atoms with Gasteiger partial charge in [-0.15, -0.1) is 0 Å². The monoisotopic (exact) mass is 221 g/mol. The van der Waals surface area contributed by atoms with Crippen LogP contribution in [0.15, 0.2) is 0 Å². The molecule has 0 aliphatic rings. The van der Waals surface area contributed by atoms with E-state index in [0.29, 0.717) is 0 Å². The number of nitrogens with two attached hydrogens (primary N) is 1. The Bertz CT molecular complexity index is 236. The molecule has 80 valence electrons. The second kappa shape index (κ2) is 4.77. The van der Waals surface area contributed by atoms with Crippen LogP contribution in [-0.2, 0) is 14.8 Å². The molecule has 0 saturated heterocycles. The second-order valence-corrected chi connectivity index (χ2v) is 4.08. The fraction of sp³-hybridized carbons (Fsp3) is 1.00. The molecule has 8 heteroatoms. The number of hydrogen-bond acceptors (Lipinski definition) is 3. The fourth-order valence-corrected chi connectivity index (χ4v) is 0.815. The first-order chi connectivity index (χ1) is 5.71. The van der Waals surface area contributed by atoms with Crippen molar-refractivity contribution in [1.82, 2.24) is 0 Å². The Hall–Kier alpha value is -0.340. The summed E-state index contributed by atoms with van der Waals surface area (Å²) in [4.78, 5) is 0. The van der Waals surface area contributed by atoms with E-state index in [-0.39, 0.29) is 6.61 Å². The molecule has 0 bridgehead atoms. The highest BCUT2D eigenvalue weighted by Crippen LogP contribution is 2.18. The summed E-state index contributed by atoms with van der Waals surface area (Å²) in [6.45, 7) is -0.853. The number of alkyl halides is 3. The Kier molecular flexibility index (Phi) is 4.65. The van der Waals surface area contributed by atoms with E-state index < -0.39 is 35.0 Å². The third-order valence-electron chi connectivity index (χ3n) is 1.04.